The molecule has 2 rings (SSSR count). The molecule has 5 nitrogen and oxygen atoms in total. The second-order valence-corrected chi connectivity index (χ2v) is 5.10. The van der Waals surface area contributed by atoms with Gasteiger partial charge in [-0.3, -0.25) is 10.1 Å². The summed E-state index contributed by atoms with van der Waals surface area (Å²) < 4.78 is 19.3. The molecule has 0 aromatic heterocycles. The highest BCUT2D eigenvalue weighted by Gasteiger charge is 2.11. The largest absolute Gasteiger partial charge is 0.496 e. The zero-order valence-corrected chi connectivity index (χ0v) is 12.7. The summed E-state index contributed by atoms with van der Waals surface area (Å²) in [6, 6.07) is 9.04. The van der Waals surface area contributed by atoms with E-state index in [0.29, 0.717) is 21.5 Å². The van der Waals surface area contributed by atoms with Crippen LogP contribution in [0.3, 0.4) is 0 Å². The maximum Gasteiger partial charge on any atom is 0.273 e. The lowest BCUT2D eigenvalue weighted by molar-refractivity contribution is -0.385. The molecule has 0 spiro atoms. The van der Waals surface area contributed by atoms with E-state index in [-0.39, 0.29) is 12.2 Å². The summed E-state index contributed by atoms with van der Waals surface area (Å²) >= 11 is 3.25. The number of anilines is 1. The van der Waals surface area contributed by atoms with E-state index >= 15 is 0 Å². The smallest absolute Gasteiger partial charge is 0.273 e. The molecule has 0 radical (unpaired) electrons. The van der Waals surface area contributed by atoms with Crippen LogP contribution in [0.2, 0.25) is 0 Å². The number of para-hydroxylation sites is 1. The summed E-state index contributed by atoms with van der Waals surface area (Å²) in [5.41, 5.74) is 0.859. The third-order valence-electron chi connectivity index (χ3n) is 2.83. The van der Waals surface area contributed by atoms with Crippen LogP contribution in [0.5, 0.6) is 5.75 Å². The Hall–Kier alpha value is -2.15. The number of nitrogens with zero attached hydrogens (tertiary/aromatic N) is 1. The second kappa shape index (κ2) is 6.53. The standard InChI is InChI=1S/C14H12BrFN2O3/c1-21-11-6-9(5-10(7-11)18(19)20)8-17-14-12(15)3-2-4-13(14)16/h2-7,17H,8H2,1H3. The first kappa shape index (κ1) is 15.2. The van der Waals surface area contributed by atoms with Gasteiger partial charge in [-0.05, 0) is 39.7 Å². The molecule has 110 valence electrons. The Balaban J connectivity index is 2.23. The van der Waals surface area contributed by atoms with Crippen LogP contribution < -0.4 is 10.1 Å². The molecule has 0 saturated heterocycles. The van der Waals surface area contributed by atoms with Gasteiger partial charge in [0.1, 0.15) is 11.6 Å². The van der Waals surface area contributed by atoms with E-state index < -0.39 is 10.7 Å². The van der Waals surface area contributed by atoms with E-state index in [1.165, 1.54) is 25.3 Å². The fourth-order valence-corrected chi connectivity index (χ4v) is 2.31. The zero-order valence-electron chi connectivity index (χ0n) is 11.1. The summed E-state index contributed by atoms with van der Waals surface area (Å²) in [7, 11) is 1.43. The minimum atomic E-state index is -0.495. The highest BCUT2D eigenvalue weighted by molar-refractivity contribution is 9.10. The van der Waals surface area contributed by atoms with Crippen molar-refractivity contribution in [1.82, 2.24) is 0 Å². The van der Waals surface area contributed by atoms with Gasteiger partial charge in [0.2, 0.25) is 0 Å². The molecule has 0 unspecified atom stereocenters. The number of rotatable bonds is 5. The van der Waals surface area contributed by atoms with Gasteiger partial charge in [-0.15, -0.1) is 0 Å². The number of halogens is 2. The van der Waals surface area contributed by atoms with Gasteiger partial charge in [-0.1, -0.05) is 6.07 Å². The van der Waals surface area contributed by atoms with Gasteiger partial charge in [0.15, 0.2) is 0 Å². The van der Waals surface area contributed by atoms with Gasteiger partial charge in [0, 0.05) is 17.1 Å². The van der Waals surface area contributed by atoms with Crippen LogP contribution in [0.1, 0.15) is 5.56 Å². The number of ether oxygens (including phenoxy) is 1. The molecule has 0 atom stereocenters. The molecule has 0 fully saturated rings. The monoisotopic (exact) mass is 354 g/mol. The second-order valence-electron chi connectivity index (χ2n) is 4.25. The first-order valence-corrected chi connectivity index (χ1v) is 6.81. The Kier molecular flexibility index (Phi) is 4.74. The maximum atomic E-state index is 13.7. The molecular weight excluding hydrogens is 343 g/mol. The van der Waals surface area contributed by atoms with Gasteiger partial charge < -0.3 is 10.1 Å². The lowest BCUT2D eigenvalue weighted by Gasteiger charge is -2.10. The van der Waals surface area contributed by atoms with Gasteiger partial charge in [-0.25, -0.2) is 4.39 Å². The molecule has 0 saturated carbocycles. The fourth-order valence-electron chi connectivity index (χ4n) is 1.83. The Bertz CT molecular complexity index is 659. The highest BCUT2D eigenvalue weighted by Crippen LogP contribution is 2.27. The van der Waals surface area contributed by atoms with E-state index in [2.05, 4.69) is 21.2 Å². The molecule has 2 aromatic rings. The van der Waals surface area contributed by atoms with Crippen molar-refractivity contribution in [3.8, 4) is 5.75 Å². The van der Waals surface area contributed by atoms with Crippen molar-refractivity contribution in [2.24, 2.45) is 0 Å². The van der Waals surface area contributed by atoms with Gasteiger partial charge in [-0.2, -0.15) is 0 Å². The van der Waals surface area contributed by atoms with Crippen LogP contribution in [0.25, 0.3) is 0 Å². The van der Waals surface area contributed by atoms with Crippen molar-refractivity contribution in [1.29, 1.82) is 0 Å². The van der Waals surface area contributed by atoms with Crippen molar-refractivity contribution in [2.75, 3.05) is 12.4 Å². The van der Waals surface area contributed by atoms with Gasteiger partial charge >= 0.3 is 0 Å². The quantitative estimate of drug-likeness (QED) is 0.647. The molecule has 1 N–H and O–H groups in total. The zero-order chi connectivity index (χ0) is 15.4. The minimum Gasteiger partial charge on any atom is -0.496 e. The van der Waals surface area contributed by atoms with E-state index in [1.807, 2.05) is 0 Å². The number of nitro benzene ring substituents is 1. The Morgan fingerprint density at radius 3 is 2.76 bits per heavy atom. The number of nitrogens with one attached hydrogen (secondary N) is 1. The van der Waals surface area contributed by atoms with E-state index in [4.69, 9.17) is 4.74 Å². The number of nitro groups is 1. The Morgan fingerprint density at radius 2 is 2.14 bits per heavy atom. The predicted molar refractivity (Wildman–Crippen MR) is 81.1 cm³/mol. The van der Waals surface area contributed by atoms with Crippen LogP contribution in [-0.4, -0.2) is 12.0 Å². The van der Waals surface area contributed by atoms with E-state index in [1.54, 1.807) is 18.2 Å². The van der Waals surface area contributed by atoms with Crippen molar-refractivity contribution >= 4 is 27.3 Å². The average molecular weight is 355 g/mol. The van der Waals surface area contributed by atoms with E-state index in [0.717, 1.165) is 0 Å². The third-order valence-corrected chi connectivity index (χ3v) is 3.49. The first-order valence-electron chi connectivity index (χ1n) is 6.01. The van der Waals surface area contributed by atoms with Crippen LogP contribution in [-0.2, 0) is 6.54 Å². The summed E-state index contributed by atoms with van der Waals surface area (Å²) in [6.07, 6.45) is 0. The Labute approximate surface area is 129 Å². The minimum absolute atomic E-state index is 0.0706. The highest BCUT2D eigenvalue weighted by atomic mass is 79.9. The summed E-state index contributed by atoms with van der Waals surface area (Å²) in [4.78, 5) is 10.4. The first-order chi connectivity index (χ1) is 10.0. The lowest BCUT2D eigenvalue weighted by atomic mass is 10.2. The Morgan fingerprint density at radius 1 is 1.38 bits per heavy atom. The molecule has 0 aliphatic rings. The SMILES string of the molecule is COc1cc(CNc2c(F)cccc2Br)cc([N+](=O)[O-])c1. The topological polar surface area (TPSA) is 64.4 Å². The van der Waals surface area contributed by atoms with E-state index in [9.17, 15) is 14.5 Å². The van der Waals surface area contributed by atoms with Crippen LogP contribution in [0.4, 0.5) is 15.8 Å². The molecule has 0 aliphatic heterocycles. The maximum absolute atomic E-state index is 13.7. The number of hydrogen-bond donors (Lipinski definition) is 1. The van der Waals surface area contributed by atoms with Crippen molar-refractivity contribution in [2.45, 2.75) is 6.54 Å². The number of hydrogen-bond acceptors (Lipinski definition) is 4. The molecule has 2 aromatic carbocycles. The molecular formula is C14H12BrFN2O3. The molecule has 0 aliphatic carbocycles. The lowest BCUT2D eigenvalue weighted by Crippen LogP contribution is -2.03. The molecule has 0 heterocycles. The normalized spacial score (nSPS) is 10.2. The summed E-state index contributed by atoms with van der Waals surface area (Å²) in [6.45, 7) is 0.234. The number of methoxy groups -OCH3 is 1. The molecule has 0 bridgehead atoms. The van der Waals surface area contributed by atoms with Crippen molar-refractivity contribution in [3.63, 3.8) is 0 Å². The van der Waals surface area contributed by atoms with Gasteiger partial charge in [0.05, 0.1) is 23.8 Å². The molecule has 0 amide bonds. The number of benzene rings is 2. The summed E-state index contributed by atoms with van der Waals surface area (Å²) in [5, 5.41) is 13.8. The van der Waals surface area contributed by atoms with Crippen LogP contribution >= 0.6 is 15.9 Å². The van der Waals surface area contributed by atoms with Crippen molar-refractivity contribution < 1.29 is 14.1 Å². The number of non-ortho nitro benzene ring substituents is 1. The van der Waals surface area contributed by atoms with Gasteiger partial charge in [0.25, 0.3) is 5.69 Å². The van der Waals surface area contributed by atoms with Crippen molar-refractivity contribution in [3.05, 3.63) is 62.4 Å². The summed E-state index contributed by atoms with van der Waals surface area (Å²) in [5.74, 6) is -0.0182. The van der Waals surface area contributed by atoms with Crippen LogP contribution in [0.15, 0.2) is 40.9 Å². The molecule has 21 heavy (non-hydrogen) atoms. The molecule has 7 heteroatoms. The fraction of sp³-hybridized carbons (Fsp3) is 0.143. The third kappa shape index (κ3) is 3.69. The average Bonchev–Trinajstić information content (AvgIpc) is 2.46. The van der Waals surface area contributed by atoms with Crippen LogP contribution in [0, 0.1) is 15.9 Å². The predicted octanol–water partition coefficient (Wildman–Crippen LogP) is 4.12.